The molecule has 0 saturated heterocycles. The number of rotatable bonds is 3. The minimum Gasteiger partial charge on any atom is -0.494 e. The number of ether oxygens (including phenoxy) is 1. The van der Waals surface area contributed by atoms with Crippen molar-refractivity contribution < 1.29 is 9.53 Å². The van der Waals surface area contributed by atoms with E-state index in [1.54, 1.807) is 47.7 Å². The molecule has 7 nitrogen and oxygen atoms in total. The molecular formula is C12H11N5O2. The van der Waals surface area contributed by atoms with Gasteiger partial charge in [0, 0.05) is 24.1 Å². The van der Waals surface area contributed by atoms with Crippen molar-refractivity contribution in [3.63, 3.8) is 0 Å². The van der Waals surface area contributed by atoms with Crippen LogP contribution in [0.3, 0.4) is 0 Å². The monoisotopic (exact) mass is 257 g/mol. The molecule has 1 aromatic heterocycles. The SMILES string of the molecule is COc1cc(NC(=O)NC#N)ccc1-n1ccnc1. The van der Waals surface area contributed by atoms with E-state index in [9.17, 15) is 4.79 Å². The third kappa shape index (κ3) is 2.81. The fourth-order valence-electron chi connectivity index (χ4n) is 1.58. The standard InChI is InChI=1S/C12H11N5O2/c1-19-11-6-9(16-12(18)15-7-13)2-3-10(11)17-5-4-14-8-17/h2-6,8H,1H3,(H2,15,16,18). The summed E-state index contributed by atoms with van der Waals surface area (Å²) in [6, 6.07) is 4.55. The van der Waals surface area contributed by atoms with E-state index in [-0.39, 0.29) is 0 Å². The molecule has 1 heterocycles. The van der Waals surface area contributed by atoms with E-state index in [2.05, 4.69) is 10.3 Å². The number of carbonyl (C=O) groups excluding carboxylic acids is 1. The minimum absolute atomic E-state index is 0.522. The van der Waals surface area contributed by atoms with Crippen LogP contribution in [-0.4, -0.2) is 22.7 Å². The van der Waals surface area contributed by atoms with Gasteiger partial charge in [-0.2, -0.15) is 5.26 Å². The highest BCUT2D eigenvalue weighted by Gasteiger charge is 2.08. The van der Waals surface area contributed by atoms with E-state index in [1.165, 1.54) is 7.11 Å². The van der Waals surface area contributed by atoms with E-state index < -0.39 is 6.03 Å². The molecule has 2 amide bonds. The zero-order valence-electron chi connectivity index (χ0n) is 10.1. The smallest absolute Gasteiger partial charge is 0.332 e. The first-order valence-electron chi connectivity index (χ1n) is 5.37. The molecule has 2 aromatic rings. The van der Waals surface area contributed by atoms with E-state index >= 15 is 0 Å². The number of hydrogen-bond donors (Lipinski definition) is 2. The van der Waals surface area contributed by atoms with Crippen molar-refractivity contribution in [1.82, 2.24) is 14.9 Å². The summed E-state index contributed by atoms with van der Waals surface area (Å²) in [6.45, 7) is 0. The highest BCUT2D eigenvalue weighted by molar-refractivity contribution is 5.90. The van der Waals surface area contributed by atoms with E-state index in [1.807, 2.05) is 5.32 Å². The molecule has 0 unspecified atom stereocenters. The van der Waals surface area contributed by atoms with Gasteiger partial charge in [0.15, 0.2) is 6.19 Å². The third-order valence-corrected chi connectivity index (χ3v) is 2.39. The van der Waals surface area contributed by atoms with Crippen LogP contribution in [0.4, 0.5) is 10.5 Å². The third-order valence-electron chi connectivity index (χ3n) is 2.39. The number of methoxy groups -OCH3 is 1. The topological polar surface area (TPSA) is 92.0 Å². The summed E-state index contributed by atoms with van der Waals surface area (Å²) in [5.41, 5.74) is 1.32. The first-order valence-corrected chi connectivity index (χ1v) is 5.37. The fourth-order valence-corrected chi connectivity index (χ4v) is 1.58. The van der Waals surface area contributed by atoms with Crippen LogP contribution >= 0.6 is 0 Å². The Morgan fingerprint density at radius 3 is 3.00 bits per heavy atom. The highest BCUT2D eigenvalue weighted by atomic mass is 16.5. The van der Waals surface area contributed by atoms with Gasteiger partial charge in [-0.25, -0.2) is 15.1 Å². The van der Waals surface area contributed by atoms with Crippen LogP contribution in [0.2, 0.25) is 0 Å². The number of carbonyl (C=O) groups is 1. The molecule has 0 atom stereocenters. The number of anilines is 1. The summed E-state index contributed by atoms with van der Waals surface area (Å²) < 4.78 is 7.06. The summed E-state index contributed by atoms with van der Waals surface area (Å²) in [5.74, 6) is 0.577. The molecule has 0 spiro atoms. The maximum absolute atomic E-state index is 11.2. The second kappa shape index (κ2) is 5.55. The molecule has 0 bridgehead atoms. The van der Waals surface area contributed by atoms with Crippen LogP contribution in [0, 0.1) is 11.5 Å². The molecule has 0 saturated carbocycles. The Morgan fingerprint density at radius 2 is 2.37 bits per heavy atom. The Balaban J connectivity index is 2.27. The first kappa shape index (κ1) is 12.4. The Morgan fingerprint density at radius 1 is 1.53 bits per heavy atom. The van der Waals surface area contributed by atoms with Crippen LogP contribution in [0.25, 0.3) is 5.69 Å². The van der Waals surface area contributed by atoms with Gasteiger partial charge in [-0.3, -0.25) is 0 Å². The number of nitriles is 1. The summed E-state index contributed by atoms with van der Waals surface area (Å²) in [7, 11) is 1.54. The number of hydrogen-bond acceptors (Lipinski definition) is 4. The van der Waals surface area contributed by atoms with Gasteiger partial charge in [-0.15, -0.1) is 0 Å². The molecule has 2 N–H and O–H groups in total. The van der Waals surface area contributed by atoms with Crippen LogP contribution in [-0.2, 0) is 0 Å². The van der Waals surface area contributed by atoms with Crippen molar-refractivity contribution in [2.75, 3.05) is 12.4 Å². The van der Waals surface area contributed by atoms with Crippen LogP contribution in [0.5, 0.6) is 5.75 Å². The maximum atomic E-state index is 11.2. The molecular weight excluding hydrogens is 246 g/mol. The summed E-state index contributed by atoms with van der Waals surface area (Å²) >= 11 is 0. The number of amides is 2. The molecule has 19 heavy (non-hydrogen) atoms. The average Bonchev–Trinajstić information content (AvgIpc) is 2.92. The van der Waals surface area contributed by atoms with Gasteiger partial charge in [-0.1, -0.05) is 0 Å². The van der Waals surface area contributed by atoms with Gasteiger partial charge >= 0.3 is 6.03 Å². The predicted molar refractivity (Wildman–Crippen MR) is 67.9 cm³/mol. The number of benzene rings is 1. The predicted octanol–water partition coefficient (Wildman–Crippen LogP) is 1.48. The largest absolute Gasteiger partial charge is 0.494 e. The van der Waals surface area contributed by atoms with Crippen LogP contribution in [0.15, 0.2) is 36.9 Å². The van der Waals surface area contributed by atoms with Crippen molar-refractivity contribution in [2.45, 2.75) is 0 Å². The Kier molecular flexibility index (Phi) is 3.64. The highest BCUT2D eigenvalue weighted by Crippen LogP contribution is 2.26. The molecule has 0 fully saturated rings. The Hall–Kier alpha value is -3.01. The van der Waals surface area contributed by atoms with Gasteiger partial charge in [-0.05, 0) is 12.1 Å². The molecule has 7 heteroatoms. The average molecular weight is 257 g/mol. The summed E-state index contributed by atoms with van der Waals surface area (Å²) in [5, 5.41) is 12.8. The minimum atomic E-state index is -0.597. The van der Waals surface area contributed by atoms with Gasteiger partial charge in [0.25, 0.3) is 0 Å². The van der Waals surface area contributed by atoms with E-state index in [0.717, 1.165) is 5.69 Å². The maximum Gasteiger partial charge on any atom is 0.332 e. The van der Waals surface area contributed by atoms with Gasteiger partial charge in [0.2, 0.25) is 0 Å². The Bertz CT molecular complexity index is 616. The number of nitrogens with zero attached hydrogens (tertiary/aromatic N) is 3. The first-order chi connectivity index (χ1) is 9.24. The zero-order chi connectivity index (χ0) is 13.7. The molecule has 1 aromatic carbocycles. The number of nitrogens with one attached hydrogen (secondary N) is 2. The van der Waals surface area contributed by atoms with Crippen molar-refractivity contribution in [2.24, 2.45) is 0 Å². The van der Waals surface area contributed by atoms with E-state index in [0.29, 0.717) is 11.4 Å². The van der Waals surface area contributed by atoms with Crippen molar-refractivity contribution in [1.29, 1.82) is 5.26 Å². The molecule has 96 valence electrons. The molecule has 0 radical (unpaired) electrons. The normalized spacial score (nSPS) is 9.47. The molecule has 0 aliphatic rings. The van der Waals surface area contributed by atoms with Gasteiger partial charge in [0.05, 0.1) is 19.1 Å². The fraction of sp³-hybridized carbons (Fsp3) is 0.0833. The summed E-state index contributed by atoms with van der Waals surface area (Å²) in [4.78, 5) is 15.2. The molecule has 0 aliphatic heterocycles. The molecule has 0 aliphatic carbocycles. The van der Waals surface area contributed by atoms with Crippen molar-refractivity contribution >= 4 is 11.7 Å². The summed E-state index contributed by atoms with van der Waals surface area (Å²) in [6.07, 6.45) is 6.63. The van der Waals surface area contributed by atoms with Crippen molar-refractivity contribution in [3.05, 3.63) is 36.9 Å². The Labute approximate surface area is 109 Å². The molecule has 2 rings (SSSR count). The quantitative estimate of drug-likeness (QED) is 0.643. The lowest BCUT2D eigenvalue weighted by molar-refractivity contribution is 0.255. The van der Waals surface area contributed by atoms with Crippen molar-refractivity contribution in [3.8, 4) is 17.6 Å². The van der Waals surface area contributed by atoms with E-state index in [4.69, 9.17) is 10.00 Å². The number of urea groups is 1. The lowest BCUT2D eigenvalue weighted by Gasteiger charge is -2.11. The van der Waals surface area contributed by atoms with Crippen LogP contribution in [0.1, 0.15) is 0 Å². The lowest BCUT2D eigenvalue weighted by atomic mass is 10.2. The van der Waals surface area contributed by atoms with Gasteiger partial charge in [0.1, 0.15) is 5.75 Å². The number of aromatic nitrogens is 2. The number of imidazole rings is 1. The lowest BCUT2D eigenvalue weighted by Crippen LogP contribution is -2.24. The van der Waals surface area contributed by atoms with Gasteiger partial charge < -0.3 is 14.6 Å². The second-order valence-corrected chi connectivity index (χ2v) is 3.55. The zero-order valence-corrected chi connectivity index (χ0v) is 10.1. The second-order valence-electron chi connectivity index (χ2n) is 3.55. The van der Waals surface area contributed by atoms with Crippen LogP contribution < -0.4 is 15.4 Å².